The van der Waals surface area contributed by atoms with E-state index in [0.29, 0.717) is 10.4 Å². The Hall–Kier alpha value is -4.55. The number of hydrazone groups is 1. The number of imide groups is 1. The van der Waals surface area contributed by atoms with Gasteiger partial charge in [-0.15, -0.1) is 0 Å². The fourth-order valence-corrected chi connectivity index (χ4v) is 3.41. The van der Waals surface area contributed by atoms with E-state index >= 15 is 0 Å². The maximum atomic E-state index is 13.0. The SMILES string of the molecule is O=C1c2cccc3cc([N+](=O)[O-])cc(c23)C(=O)N1/N=C\c1ccc(OC(F)F)cc1OC(F)F. The number of nitro groups is 1. The highest BCUT2D eigenvalue weighted by atomic mass is 19.3. The fourth-order valence-electron chi connectivity index (χ4n) is 3.41. The molecule has 1 aliphatic heterocycles. The van der Waals surface area contributed by atoms with Gasteiger partial charge in [-0.25, -0.2) is 0 Å². The van der Waals surface area contributed by atoms with Crippen molar-refractivity contribution < 1.29 is 41.5 Å². The van der Waals surface area contributed by atoms with Crippen molar-refractivity contribution >= 4 is 34.5 Å². The molecule has 0 spiro atoms. The van der Waals surface area contributed by atoms with Crippen molar-refractivity contribution in [1.82, 2.24) is 5.01 Å². The molecule has 174 valence electrons. The van der Waals surface area contributed by atoms with E-state index < -0.39 is 41.5 Å². The second-order valence-electron chi connectivity index (χ2n) is 6.78. The Morgan fingerprint density at radius 2 is 1.65 bits per heavy atom. The van der Waals surface area contributed by atoms with Gasteiger partial charge in [0.2, 0.25) is 0 Å². The number of halogens is 4. The largest absolute Gasteiger partial charge is 0.435 e. The summed E-state index contributed by atoms with van der Waals surface area (Å²) < 4.78 is 58.8. The lowest BCUT2D eigenvalue weighted by atomic mass is 9.94. The first-order chi connectivity index (χ1) is 16.2. The van der Waals surface area contributed by atoms with Crippen LogP contribution >= 0.6 is 0 Å². The summed E-state index contributed by atoms with van der Waals surface area (Å²) in [5.74, 6) is -2.92. The lowest BCUT2D eigenvalue weighted by Crippen LogP contribution is -2.36. The van der Waals surface area contributed by atoms with Crippen LogP contribution in [0.15, 0.2) is 53.6 Å². The van der Waals surface area contributed by atoms with E-state index in [0.717, 1.165) is 30.5 Å². The van der Waals surface area contributed by atoms with Gasteiger partial charge in [-0.2, -0.15) is 27.7 Å². The molecule has 3 aromatic rings. The summed E-state index contributed by atoms with van der Waals surface area (Å²) in [5.41, 5.74) is -0.677. The Labute approximate surface area is 186 Å². The van der Waals surface area contributed by atoms with Crippen molar-refractivity contribution in [1.29, 1.82) is 0 Å². The second kappa shape index (κ2) is 8.77. The molecule has 0 aliphatic carbocycles. The van der Waals surface area contributed by atoms with E-state index in [1.165, 1.54) is 24.3 Å². The van der Waals surface area contributed by atoms with Gasteiger partial charge in [-0.05, 0) is 23.6 Å². The maximum Gasteiger partial charge on any atom is 0.387 e. The molecular formula is C21H11F4N3O6. The normalized spacial score (nSPS) is 13.4. The average Bonchev–Trinajstić information content (AvgIpc) is 2.77. The molecule has 0 N–H and O–H groups in total. The number of carbonyl (C=O) groups excluding carboxylic acids is 2. The third-order valence-electron chi connectivity index (χ3n) is 4.76. The van der Waals surface area contributed by atoms with Crippen LogP contribution in [0.3, 0.4) is 0 Å². The summed E-state index contributed by atoms with van der Waals surface area (Å²) in [5, 5.41) is 15.9. The van der Waals surface area contributed by atoms with E-state index in [1.807, 2.05) is 0 Å². The third-order valence-corrected chi connectivity index (χ3v) is 4.76. The number of hydrogen-bond acceptors (Lipinski definition) is 7. The van der Waals surface area contributed by atoms with Gasteiger partial charge in [-0.1, -0.05) is 12.1 Å². The van der Waals surface area contributed by atoms with Gasteiger partial charge in [0, 0.05) is 29.1 Å². The summed E-state index contributed by atoms with van der Waals surface area (Å²) in [6.07, 6.45) is 0.835. The van der Waals surface area contributed by atoms with Crippen LogP contribution in [-0.4, -0.2) is 41.2 Å². The van der Waals surface area contributed by atoms with Gasteiger partial charge >= 0.3 is 13.2 Å². The lowest BCUT2D eigenvalue weighted by molar-refractivity contribution is -0.384. The summed E-state index contributed by atoms with van der Waals surface area (Å²) >= 11 is 0. The predicted octanol–water partition coefficient (Wildman–Crippen LogP) is 4.58. The molecule has 0 bridgehead atoms. The van der Waals surface area contributed by atoms with Crippen LogP contribution in [-0.2, 0) is 0 Å². The van der Waals surface area contributed by atoms with Crippen LogP contribution in [0.2, 0.25) is 0 Å². The predicted molar refractivity (Wildman–Crippen MR) is 108 cm³/mol. The molecule has 0 saturated carbocycles. The molecule has 1 aliphatic rings. The van der Waals surface area contributed by atoms with E-state index in [9.17, 15) is 37.3 Å². The molecule has 0 unspecified atom stereocenters. The van der Waals surface area contributed by atoms with Crippen molar-refractivity contribution in [3.8, 4) is 11.5 Å². The monoisotopic (exact) mass is 477 g/mol. The number of rotatable bonds is 7. The minimum atomic E-state index is -3.32. The molecule has 0 fully saturated rings. The minimum absolute atomic E-state index is 0.0453. The molecule has 13 heteroatoms. The Bertz CT molecular complexity index is 1360. The number of amides is 2. The van der Waals surface area contributed by atoms with Crippen LogP contribution in [0.4, 0.5) is 23.2 Å². The summed E-state index contributed by atoms with van der Waals surface area (Å²) in [6, 6.07) is 9.44. The van der Waals surface area contributed by atoms with E-state index in [-0.39, 0.29) is 27.8 Å². The number of benzene rings is 3. The molecule has 1 heterocycles. The third kappa shape index (κ3) is 4.22. The quantitative estimate of drug-likeness (QED) is 0.162. The van der Waals surface area contributed by atoms with Crippen LogP contribution < -0.4 is 9.47 Å². The smallest absolute Gasteiger partial charge is 0.387 e. The Morgan fingerprint density at radius 1 is 0.941 bits per heavy atom. The van der Waals surface area contributed by atoms with Gasteiger partial charge in [-0.3, -0.25) is 19.7 Å². The minimum Gasteiger partial charge on any atom is -0.435 e. The Kier molecular flexibility index (Phi) is 5.84. The summed E-state index contributed by atoms with van der Waals surface area (Å²) in [4.78, 5) is 36.4. The van der Waals surface area contributed by atoms with E-state index in [1.54, 1.807) is 0 Å². The number of non-ortho nitro benzene ring substituents is 1. The molecule has 9 nitrogen and oxygen atoms in total. The molecule has 2 amide bonds. The zero-order valence-corrected chi connectivity index (χ0v) is 16.7. The second-order valence-corrected chi connectivity index (χ2v) is 6.78. The molecule has 0 aromatic heterocycles. The fraction of sp³-hybridized carbons (Fsp3) is 0.0952. The van der Waals surface area contributed by atoms with E-state index in [2.05, 4.69) is 14.6 Å². The van der Waals surface area contributed by atoms with Crippen molar-refractivity contribution in [2.75, 3.05) is 0 Å². The first-order valence-electron chi connectivity index (χ1n) is 9.33. The highest BCUT2D eigenvalue weighted by molar-refractivity contribution is 6.25. The zero-order valence-electron chi connectivity index (χ0n) is 16.7. The molecule has 0 saturated heterocycles. The number of nitrogens with zero attached hydrogens (tertiary/aromatic N) is 3. The highest BCUT2D eigenvalue weighted by Crippen LogP contribution is 2.34. The highest BCUT2D eigenvalue weighted by Gasteiger charge is 2.34. The number of ether oxygens (including phenoxy) is 2. The number of hydrogen-bond donors (Lipinski definition) is 0. The number of carbonyl (C=O) groups is 2. The molecule has 0 radical (unpaired) electrons. The van der Waals surface area contributed by atoms with Crippen molar-refractivity contribution in [2.45, 2.75) is 13.2 Å². The maximum absolute atomic E-state index is 13.0. The van der Waals surface area contributed by atoms with Gasteiger partial charge in [0.05, 0.1) is 22.3 Å². The van der Waals surface area contributed by atoms with Gasteiger partial charge in [0.1, 0.15) is 11.5 Å². The van der Waals surface area contributed by atoms with Crippen LogP contribution in [0.1, 0.15) is 26.3 Å². The standard InChI is InChI=1S/C21H11F4N3O6/c22-20(23)33-13-5-4-11(16(8-13)34-21(24)25)9-26-27-18(29)14-3-1-2-10-6-12(28(31)32)7-15(17(10)14)19(27)30/h1-9,20-21H/b26-9-. The van der Waals surface area contributed by atoms with Crippen LogP contribution in [0, 0.1) is 10.1 Å². The zero-order chi connectivity index (χ0) is 24.6. The molecule has 4 rings (SSSR count). The molecule has 3 aromatic carbocycles. The first-order valence-corrected chi connectivity index (χ1v) is 9.33. The summed E-state index contributed by atoms with van der Waals surface area (Å²) in [6.45, 7) is -6.54. The number of nitro benzene ring substituents is 1. The lowest BCUT2D eigenvalue weighted by Gasteiger charge is -2.23. The van der Waals surface area contributed by atoms with Gasteiger partial charge in [0.25, 0.3) is 17.5 Å². The number of alkyl halides is 4. The van der Waals surface area contributed by atoms with Crippen molar-refractivity contribution in [2.24, 2.45) is 5.10 Å². The summed E-state index contributed by atoms with van der Waals surface area (Å²) in [7, 11) is 0. The first kappa shape index (κ1) is 22.6. The van der Waals surface area contributed by atoms with Crippen LogP contribution in [0.25, 0.3) is 10.8 Å². The van der Waals surface area contributed by atoms with E-state index in [4.69, 9.17) is 0 Å². The Morgan fingerprint density at radius 3 is 2.32 bits per heavy atom. The topological polar surface area (TPSA) is 111 Å². The van der Waals surface area contributed by atoms with Crippen molar-refractivity contribution in [3.63, 3.8) is 0 Å². The van der Waals surface area contributed by atoms with Crippen molar-refractivity contribution in [3.05, 3.63) is 75.3 Å². The Balaban J connectivity index is 1.75. The average molecular weight is 477 g/mol. The van der Waals surface area contributed by atoms with Gasteiger partial charge in [0.15, 0.2) is 0 Å². The van der Waals surface area contributed by atoms with Crippen LogP contribution in [0.5, 0.6) is 11.5 Å². The molecule has 34 heavy (non-hydrogen) atoms. The van der Waals surface area contributed by atoms with Gasteiger partial charge < -0.3 is 9.47 Å². The molecular weight excluding hydrogens is 466 g/mol. The molecule has 0 atom stereocenters.